The van der Waals surface area contributed by atoms with E-state index in [0.717, 1.165) is 4.88 Å². The highest BCUT2D eigenvalue weighted by molar-refractivity contribution is 7.10. The van der Waals surface area contributed by atoms with Crippen molar-refractivity contribution in [3.63, 3.8) is 0 Å². The van der Waals surface area contributed by atoms with Gasteiger partial charge in [0.1, 0.15) is 11.3 Å². The molecular weight excluding hydrogens is 310 g/mol. The molecule has 0 aliphatic carbocycles. The van der Waals surface area contributed by atoms with Crippen LogP contribution in [0.1, 0.15) is 28.2 Å². The molecule has 23 heavy (non-hydrogen) atoms. The van der Waals surface area contributed by atoms with Crippen molar-refractivity contribution in [2.75, 3.05) is 0 Å². The van der Waals surface area contributed by atoms with Crippen molar-refractivity contribution in [3.05, 3.63) is 70.8 Å². The lowest BCUT2D eigenvalue weighted by atomic mass is 10.2. The number of ether oxygens (including phenoxy) is 1. The van der Waals surface area contributed by atoms with Crippen molar-refractivity contribution in [1.82, 2.24) is 15.3 Å². The zero-order valence-electron chi connectivity index (χ0n) is 12.5. The molecule has 3 aromatic heterocycles. The van der Waals surface area contributed by atoms with Gasteiger partial charge in [0.25, 0.3) is 5.91 Å². The van der Waals surface area contributed by atoms with E-state index in [2.05, 4.69) is 15.3 Å². The molecule has 0 radical (unpaired) electrons. The van der Waals surface area contributed by atoms with Gasteiger partial charge in [0.05, 0.1) is 12.2 Å². The lowest BCUT2D eigenvalue weighted by molar-refractivity contribution is 0.0937. The van der Waals surface area contributed by atoms with E-state index in [-0.39, 0.29) is 17.8 Å². The first-order valence-electron chi connectivity index (χ1n) is 7.11. The Bertz CT molecular complexity index is 776. The van der Waals surface area contributed by atoms with Gasteiger partial charge in [0.15, 0.2) is 0 Å². The van der Waals surface area contributed by atoms with E-state index in [1.807, 2.05) is 24.4 Å². The number of carbonyl (C=O) groups excluding carboxylic acids is 1. The van der Waals surface area contributed by atoms with E-state index < -0.39 is 0 Å². The number of pyridine rings is 2. The first kappa shape index (κ1) is 15.2. The third-order valence-corrected chi connectivity index (χ3v) is 4.24. The van der Waals surface area contributed by atoms with Crippen LogP contribution in [0.25, 0.3) is 0 Å². The van der Waals surface area contributed by atoms with Gasteiger partial charge < -0.3 is 10.1 Å². The molecule has 0 spiro atoms. The molecule has 0 fully saturated rings. The van der Waals surface area contributed by atoms with E-state index in [1.54, 1.807) is 54.2 Å². The number of carbonyl (C=O) groups is 1. The largest absolute Gasteiger partial charge is 0.437 e. The van der Waals surface area contributed by atoms with Crippen LogP contribution >= 0.6 is 11.3 Å². The molecule has 3 aromatic rings. The summed E-state index contributed by atoms with van der Waals surface area (Å²) < 4.78 is 5.67. The van der Waals surface area contributed by atoms with Gasteiger partial charge in [0, 0.05) is 17.3 Å². The molecule has 0 aromatic carbocycles. The summed E-state index contributed by atoms with van der Waals surface area (Å²) in [6.45, 7) is 1.95. The molecular formula is C17H15N3O2S. The summed E-state index contributed by atoms with van der Waals surface area (Å²) in [7, 11) is 0. The Kier molecular flexibility index (Phi) is 4.63. The second-order valence-electron chi connectivity index (χ2n) is 4.86. The molecule has 0 saturated heterocycles. The van der Waals surface area contributed by atoms with E-state index in [0.29, 0.717) is 11.3 Å². The minimum absolute atomic E-state index is 0.0750. The van der Waals surface area contributed by atoms with Crippen molar-refractivity contribution in [3.8, 4) is 11.6 Å². The second-order valence-corrected chi connectivity index (χ2v) is 5.84. The summed E-state index contributed by atoms with van der Waals surface area (Å²) in [5.41, 5.74) is 0.389. The highest BCUT2D eigenvalue weighted by Crippen LogP contribution is 2.23. The van der Waals surface area contributed by atoms with Crippen molar-refractivity contribution in [2.24, 2.45) is 0 Å². The Balaban J connectivity index is 1.78. The smallest absolute Gasteiger partial charge is 0.257 e. The average Bonchev–Trinajstić information content (AvgIpc) is 3.11. The number of aromatic nitrogens is 2. The fraction of sp³-hybridized carbons (Fsp3) is 0.118. The molecule has 5 nitrogen and oxygen atoms in total. The van der Waals surface area contributed by atoms with E-state index in [1.165, 1.54) is 0 Å². The topological polar surface area (TPSA) is 64.1 Å². The number of thiophene rings is 1. The Hall–Kier alpha value is -2.73. The Morgan fingerprint density at radius 1 is 1.22 bits per heavy atom. The summed E-state index contributed by atoms with van der Waals surface area (Å²) in [5.74, 6) is 0.570. The van der Waals surface area contributed by atoms with Crippen LogP contribution in [0.4, 0.5) is 0 Å². The first-order valence-corrected chi connectivity index (χ1v) is 7.99. The molecule has 1 N–H and O–H groups in total. The Morgan fingerprint density at radius 3 is 2.83 bits per heavy atom. The van der Waals surface area contributed by atoms with Gasteiger partial charge in [0.2, 0.25) is 5.88 Å². The maximum atomic E-state index is 12.5. The maximum Gasteiger partial charge on any atom is 0.257 e. The van der Waals surface area contributed by atoms with Crippen LogP contribution in [0, 0.1) is 0 Å². The van der Waals surface area contributed by atoms with Crippen LogP contribution < -0.4 is 10.1 Å². The van der Waals surface area contributed by atoms with Gasteiger partial charge in [-0.05, 0) is 42.6 Å². The highest BCUT2D eigenvalue weighted by atomic mass is 32.1. The predicted molar refractivity (Wildman–Crippen MR) is 88.7 cm³/mol. The van der Waals surface area contributed by atoms with Gasteiger partial charge in [-0.25, -0.2) is 4.98 Å². The van der Waals surface area contributed by atoms with Crippen molar-refractivity contribution in [1.29, 1.82) is 0 Å². The van der Waals surface area contributed by atoms with Crippen LogP contribution in [0.2, 0.25) is 0 Å². The summed E-state index contributed by atoms with van der Waals surface area (Å²) in [6, 6.07) is 10.8. The monoisotopic (exact) mass is 325 g/mol. The number of nitrogens with zero attached hydrogens (tertiary/aromatic N) is 2. The molecule has 3 rings (SSSR count). The van der Waals surface area contributed by atoms with Crippen LogP contribution in [-0.2, 0) is 0 Å². The van der Waals surface area contributed by atoms with Crippen molar-refractivity contribution < 1.29 is 9.53 Å². The van der Waals surface area contributed by atoms with Crippen molar-refractivity contribution in [2.45, 2.75) is 13.0 Å². The fourth-order valence-electron chi connectivity index (χ4n) is 2.05. The number of nitrogens with one attached hydrogen (secondary N) is 1. The first-order chi connectivity index (χ1) is 11.2. The van der Waals surface area contributed by atoms with Gasteiger partial charge >= 0.3 is 0 Å². The SMILES string of the molecule is C[C@H](NC(=O)c1cccnc1Oc1cccnc1)c1cccs1. The summed E-state index contributed by atoms with van der Waals surface area (Å²) in [6.07, 6.45) is 4.82. The minimum Gasteiger partial charge on any atom is -0.437 e. The number of hydrogen-bond acceptors (Lipinski definition) is 5. The maximum absolute atomic E-state index is 12.5. The number of rotatable bonds is 5. The quantitative estimate of drug-likeness (QED) is 0.774. The standard InChI is InChI=1S/C17H15N3O2S/c1-12(15-7-4-10-23-15)20-16(21)14-6-3-9-19-17(14)22-13-5-2-8-18-11-13/h2-12H,1H3,(H,20,21)/t12-/m0/s1. The lowest BCUT2D eigenvalue weighted by Gasteiger charge is -2.14. The van der Waals surface area contributed by atoms with Gasteiger partial charge in [-0.1, -0.05) is 6.07 Å². The Labute approximate surface area is 138 Å². The summed E-state index contributed by atoms with van der Waals surface area (Å²) >= 11 is 1.61. The zero-order valence-corrected chi connectivity index (χ0v) is 13.3. The normalized spacial score (nSPS) is 11.7. The molecule has 0 aliphatic heterocycles. The van der Waals surface area contributed by atoms with E-state index >= 15 is 0 Å². The zero-order chi connectivity index (χ0) is 16.1. The van der Waals surface area contributed by atoms with Gasteiger partial charge in [-0.3, -0.25) is 9.78 Å². The third kappa shape index (κ3) is 3.73. The van der Waals surface area contributed by atoms with Crippen LogP contribution in [-0.4, -0.2) is 15.9 Å². The molecule has 0 bridgehead atoms. The Morgan fingerprint density at radius 2 is 2.09 bits per heavy atom. The number of amides is 1. The van der Waals surface area contributed by atoms with Gasteiger partial charge in [-0.2, -0.15) is 0 Å². The molecule has 1 amide bonds. The third-order valence-electron chi connectivity index (χ3n) is 3.18. The molecule has 1 atom stereocenters. The summed E-state index contributed by atoms with van der Waals surface area (Å²) in [4.78, 5) is 21.8. The molecule has 3 heterocycles. The van der Waals surface area contributed by atoms with Crippen LogP contribution in [0.3, 0.4) is 0 Å². The fourth-order valence-corrected chi connectivity index (χ4v) is 2.78. The van der Waals surface area contributed by atoms with E-state index in [9.17, 15) is 4.79 Å². The predicted octanol–water partition coefficient (Wildman–Crippen LogP) is 3.82. The molecule has 0 unspecified atom stereocenters. The molecule has 0 saturated carbocycles. The second kappa shape index (κ2) is 7.02. The van der Waals surface area contributed by atoms with Gasteiger partial charge in [-0.15, -0.1) is 11.3 Å². The number of hydrogen-bond donors (Lipinski definition) is 1. The van der Waals surface area contributed by atoms with Crippen LogP contribution in [0.5, 0.6) is 11.6 Å². The average molecular weight is 325 g/mol. The molecule has 116 valence electrons. The highest BCUT2D eigenvalue weighted by Gasteiger charge is 2.17. The van der Waals surface area contributed by atoms with Crippen LogP contribution in [0.15, 0.2) is 60.4 Å². The van der Waals surface area contributed by atoms with Crippen molar-refractivity contribution >= 4 is 17.2 Å². The summed E-state index contributed by atoms with van der Waals surface area (Å²) in [5, 5.41) is 4.95. The minimum atomic E-state index is -0.224. The lowest BCUT2D eigenvalue weighted by Crippen LogP contribution is -2.26. The molecule has 0 aliphatic rings. The van der Waals surface area contributed by atoms with E-state index in [4.69, 9.17) is 4.74 Å². The molecule has 6 heteroatoms.